The maximum absolute atomic E-state index is 13.1. The third-order valence-corrected chi connectivity index (χ3v) is 4.75. The van der Waals surface area contributed by atoms with Gasteiger partial charge in [-0.15, -0.1) is 0 Å². The van der Waals surface area contributed by atoms with Crippen LogP contribution in [0, 0.1) is 18.3 Å². The number of aromatic nitrogens is 2. The molecular formula is C18H15F6N3OS. The fraction of sp³-hybridized carbons (Fsp3) is 0.389. The van der Waals surface area contributed by atoms with Crippen LogP contribution in [0.5, 0.6) is 0 Å². The molecule has 2 aromatic rings. The Bertz CT molecular complexity index is 972. The Morgan fingerprint density at radius 2 is 1.59 bits per heavy atom. The topological polar surface area (TPSA) is 69.5 Å². The highest BCUT2D eigenvalue weighted by molar-refractivity contribution is 7.99. The predicted molar refractivity (Wildman–Crippen MR) is 94.5 cm³/mol. The van der Waals surface area contributed by atoms with Crippen LogP contribution in [0.15, 0.2) is 28.2 Å². The number of hydrogen-bond donors (Lipinski definition) is 1. The third-order valence-electron chi connectivity index (χ3n) is 3.86. The van der Waals surface area contributed by atoms with Crippen LogP contribution in [0.4, 0.5) is 26.3 Å². The van der Waals surface area contributed by atoms with E-state index in [2.05, 4.69) is 9.97 Å². The molecule has 0 aliphatic heterocycles. The van der Waals surface area contributed by atoms with Crippen molar-refractivity contribution in [2.24, 2.45) is 0 Å². The summed E-state index contributed by atoms with van der Waals surface area (Å²) < 4.78 is 78.8. The van der Waals surface area contributed by atoms with Crippen molar-refractivity contribution < 1.29 is 26.3 Å². The first-order valence-corrected chi connectivity index (χ1v) is 9.08. The molecule has 0 spiro atoms. The average Bonchev–Trinajstić information content (AvgIpc) is 2.57. The molecule has 0 saturated heterocycles. The molecule has 0 radical (unpaired) electrons. The van der Waals surface area contributed by atoms with Gasteiger partial charge in [-0.3, -0.25) is 4.79 Å². The number of alkyl halides is 6. The number of benzene rings is 1. The zero-order chi connectivity index (χ0) is 22.1. The molecule has 0 bridgehead atoms. The van der Waals surface area contributed by atoms with Crippen molar-refractivity contribution in [3.63, 3.8) is 0 Å². The van der Waals surface area contributed by atoms with Crippen molar-refractivity contribution in [2.75, 3.05) is 0 Å². The van der Waals surface area contributed by atoms with Gasteiger partial charge in [0.05, 0.1) is 22.9 Å². The summed E-state index contributed by atoms with van der Waals surface area (Å²) in [6.45, 7) is 4.90. The highest BCUT2D eigenvalue weighted by Gasteiger charge is 2.38. The molecule has 0 fully saturated rings. The van der Waals surface area contributed by atoms with Crippen LogP contribution in [-0.2, 0) is 12.4 Å². The van der Waals surface area contributed by atoms with E-state index >= 15 is 0 Å². The molecular weight excluding hydrogens is 420 g/mol. The second kappa shape index (κ2) is 8.10. The Morgan fingerprint density at radius 1 is 1.07 bits per heavy atom. The number of nitrogens with one attached hydrogen (secondary N) is 1. The van der Waals surface area contributed by atoms with Crippen molar-refractivity contribution in [1.29, 1.82) is 5.26 Å². The molecule has 0 aliphatic rings. The minimum absolute atomic E-state index is 0.0142. The van der Waals surface area contributed by atoms with Gasteiger partial charge in [0.1, 0.15) is 5.92 Å². The van der Waals surface area contributed by atoms with E-state index in [9.17, 15) is 36.4 Å². The maximum Gasteiger partial charge on any atom is 0.416 e. The lowest BCUT2D eigenvalue weighted by Crippen LogP contribution is -2.19. The number of hydrogen-bond acceptors (Lipinski definition) is 4. The number of nitrogens with zero attached hydrogens (tertiary/aromatic N) is 2. The Kier molecular flexibility index (Phi) is 6.37. The van der Waals surface area contributed by atoms with E-state index in [1.165, 1.54) is 6.92 Å². The van der Waals surface area contributed by atoms with Crippen LogP contribution in [0.25, 0.3) is 0 Å². The molecule has 0 saturated carbocycles. The van der Waals surface area contributed by atoms with E-state index in [1.807, 2.05) is 0 Å². The fourth-order valence-electron chi connectivity index (χ4n) is 2.53. The Labute approximate surface area is 166 Å². The molecule has 11 heteroatoms. The second-order valence-electron chi connectivity index (χ2n) is 6.45. The molecule has 1 unspecified atom stereocenters. The summed E-state index contributed by atoms with van der Waals surface area (Å²) in [5.74, 6) is -1.59. The lowest BCUT2D eigenvalue weighted by atomic mass is 9.91. The molecule has 0 aliphatic carbocycles. The predicted octanol–water partition coefficient (Wildman–Crippen LogP) is 5.27. The minimum Gasteiger partial charge on any atom is -0.301 e. The van der Waals surface area contributed by atoms with Crippen molar-refractivity contribution in [2.45, 2.75) is 49.4 Å². The van der Waals surface area contributed by atoms with Gasteiger partial charge in [-0.2, -0.15) is 31.6 Å². The summed E-state index contributed by atoms with van der Waals surface area (Å²) in [6.07, 6.45) is -10.1. The number of rotatable bonds is 4. The Balaban J connectivity index is 2.74. The zero-order valence-corrected chi connectivity index (χ0v) is 16.2. The van der Waals surface area contributed by atoms with E-state index in [0.717, 1.165) is 11.8 Å². The monoisotopic (exact) mass is 435 g/mol. The molecule has 1 atom stereocenters. The quantitative estimate of drug-likeness (QED) is 0.404. The van der Waals surface area contributed by atoms with Gasteiger partial charge in [0.15, 0.2) is 5.16 Å². The Morgan fingerprint density at radius 3 is 2.00 bits per heavy atom. The highest BCUT2D eigenvalue weighted by atomic mass is 32.2. The van der Waals surface area contributed by atoms with Gasteiger partial charge >= 0.3 is 12.4 Å². The normalized spacial score (nSPS) is 13.4. The first-order chi connectivity index (χ1) is 13.2. The number of aromatic amines is 1. The van der Waals surface area contributed by atoms with Crippen LogP contribution < -0.4 is 5.56 Å². The summed E-state index contributed by atoms with van der Waals surface area (Å²) in [5.41, 5.74) is -4.50. The summed E-state index contributed by atoms with van der Waals surface area (Å²) in [7, 11) is 0. The zero-order valence-electron chi connectivity index (χ0n) is 15.4. The van der Waals surface area contributed by atoms with Gasteiger partial charge in [0.25, 0.3) is 5.56 Å². The number of nitriles is 1. The average molecular weight is 435 g/mol. The SMILES string of the molecule is Cc1c(C(C#N)c2cc(C(F)(F)F)cc(C(F)(F)F)c2)nc(SC(C)C)[nH]c1=O. The number of thioether (sulfide) groups is 1. The molecule has 1 heterocycles. The molecule has 0 amide bonds. The molecule has 29 heavy (non-hydrogen) atoms. The minimum atomic E-state index is -5.05. The Hall–Kier alpha value is -2.48. The van der Waals surface area contributed by atoms with Crippen LogP contribution in [0.1, 0.15) is 47.7 Å². The van der Waals surface area contributed by atoms with Crippen molar-refractivity contribution >= 4 is 11.8 Å². The summed E-state index contributed by atoms with van der Waals surface area (Å²) in [6, 6.07) is 2.61. The first-order valence-electron chi connectivity index (χ1n) is 8.20. The van der Waals surface area contributed by atoms with Gasteiger partial charge in [0, 0.05) is 10.8 Å². The number of halogens is 6. The van der Waals surface area contributed by atoms with E-state index in [1.54, 1.807) is 19.9 Å². The maximum atomic E-state index is 13.1. The van der Waals surface area contributed by atoms with Gasteiger partial charge in [0.2, 0.25) is 0 Å². The van der Waals surface area contributed by atoms with E-state index in [4.69, 9.17) is 0 Å². The summed E-state index contributed by atoms with van der Waals surface area (Å²) in [4.78, 5) is 18.8. The van der Waals surface area contributed by atoms with Gasteiger partial charge in [-0.25, -0.2) is 4.98 Å². The van der Waals surface area contributed by atoms with Crippen LogP contribution in [0.2, 0.25) is 0 Å². The standard InChI is InChI=1S/C18H15F6N3OS/c1-8(2)29-16-26-14(9(3)15(28)27-16)13(7-25)10-4-11(17(19,20)21)6-12(5-10)18(22,23)24/h4-6,8,13H,1-3H3,(H,26,27,28). The smallest absolute Gasteiger partial charge is 0.301 e. The fourth-order valence-corrected chi connectivity index (χ4v) is 3.28. The van der Waals surface area contributed by atoms with Gasteiger partial charge in [-0.1, -0.05) is 25.6 Å². The van der Waals surface area contributed by atoms with Crippen molar-refractivity contribution in [1.82, 2.24) is 9.97 Å². The lowest BCUT2D eigenvalue weighted by Gasteiger charge is -2.18. The van der Waals surface area contributed by atoms with Crippen molar-refractivity contribution in [3.8, 4) is 6.07 Å². The molecule has 1 N–H and O–H groups in total. The highest BCUT2D eigenvalue weighted by Crippen LogP contribution is 2.39. The van der Waals surface area contributed by atoms with Gasteiger partial charge in [-0.05, 0) is 30.7 Å². The van der Waals surface area contributed by atoms with Crippen LogP contribution in [0.3, 0.4) is 0 Å². The van der Waals surface area contributed by atoms with E-state index < -0.39 is 40.5 Å². The molecule has 1 aromatic carbocycles. The largest absolute Gasteiger partial charge is 0.416 e. The van der Waals surface area contributed by atoms with Gasteiger partial charge < -0.3 is 4.98 Å². The second-order valence-corrected chi connectivity index (χ2v) is 8.01. The summed E-state index contributed by atoms with van der Waals surface area (Å²) in [5, 5.41) is 9.64. The van der Waals surface area contributed by atoms with E-state index in [-0.39, 0.29) is 27.7 Å². The third kappa shape index (κ3) is 5.32. The lowest BCUT2D eigenvalue weighted by molar-refractivity contribution is -0.143. The molecule has 156 valence electrons. The molecule has 4 nitrogen and oxygen atoms in total. The molecule has 1 aromatic heterocycles. The summed E-state index contributed by atoms with van der Waals surface area (Å²) >= 11 is 1.14. The first kappa shape index (κ1) is 22.8. The molecule has 2 rings (SSSR count). The van der Waals surface area contributed by atoms with Crippen LogP contribution >= 0.6 is 11.8 Å². The number of H-pyrrole nitrogens is 1. The van der Waals surface area contributed by atoms with Crippen LogP contribution in [-0.4, -0.2) is 15.2 Å². The van der Waals surface area contributed by atoms with Crippen molar-refractivity contribution in [3.05, 3.63) is 56.5 Å². The van der Waals surface area contributed by atoms with E-state index in [0.29, 0.717) is 12.1 Å².